The quantitative estimate of drug-likeness (QED) is 0.107. The molecule has 35 heavy (non-hydrogen) atoms. The van der Waals surface area contributed by atoms with Gasteiger partial charge in [0.05, 0.1) is 25.2 Å². The predicted molar refractivity (Wildman–Crippen MR) is 124 cm³/mol. The average Bonchev–Trinajstić information content (AvgIpc) is 3.27. The number of imidazole rings is 1. The highest BCUT2D eigenvalue weighted by atomic mass is 32.2. The van der Waals surface area contributed by atoms with Crippen LogP contribution in [0.5, 0.6) is 0 Å². The highest BCUT2D eigenvalue weighted by molar-refractivity contribution is 7.98. The van der Waals surface area contributed by atoms with E-state index in [0.717, 1.165) is 0 Å². The number of hydrogen-bond donors (Lipinski definition) is 8. The summed E-state index contributed by atoms with van der Waals surface area (Å²) in [5.41, 5.74) is 16.3. The molecule has 0 aliphatic heterocycles. The maximum absolute atomic E-state index is 12.9. The largest absolute Gasteiger partial charge is 0.480 e. The summed E-state index contributed by atoms with van der Waals surface area (Å²) in [5, 5.41) is 16.4. The van der Waals surface area contributed by atoms with Crippen molar-refractivity contribution < 1.29 is 33.9 Å². The Kier molecular flexibility index (Phi) is 12.2. The van der Waals surface area contributed by atoms with Gasteiger partial charge in [0.2, 0.25) is 29.5 Å². The summed E-state index contributed by atoms with van der Waals surface area (Å²) in [4.78, 5) is 78.5. The van der Waals surface area contributed by atoms with Gasteiger partial charge in [-0.2, -0.15) is 11.8 Å². The number of carboxylic acid groups (broad SMARTS) is 1. The smallest absolute Gasteiger partial charge is 0.326 e. The van der Waals surface area contributed by atoms with Gasteiger partial charge in [-0.05, 0) is 18.4 Å². The molecule has 15 nitrogen and oxygen atoms in total. The van der Waals surface area contributed by atoms with E-state index in [0.29, 0.717) is 11.4 Å². The molecule has 0 saturated carbocycles. The summed E-state index contributed by atoms with van der Waals surface area (Å²) in [6.07, 6.45) is 3.41. The molecule has 11 N–H and O–H groups in total. The number of carbonyl (C=O) groups excluding carboxylic acids is 5. The highest BCUT2D eigenvalue weighted by Gasteiger charge is 2.31. The van der Waals surface area contributed by atoms with Crippen LogP contribution in [-0.2, 0) is 35.2 Å². The van der Waals surface area contributed by atoms with E-state index in [9.17, 15) is 33.9 Å². The molecule has 16 heteroatoms. The molecule has 0 aromatic carbocycles. The monoisotopic (exact) mass is 514 g/mol. The van der Waals surface area contributed by atoms with Crippen LogP contribution < -0.4 is 33.2 Å². The van der Waals surface area contributed by atoms with Gasteiger partial charge in [-0.1, -0.05) is 0 Å². The third kappa shape index (κ3) is 10.9. The van der Waals surface area contributed by atoms with Gasteiger partial charge in [-0.25, -0.2) is 9.78 Å². The highest BCUT2D eigenvalue weighted by Crippen LogP contribution is 2.05. The van der Waals surface area contributed by atoms with Crippen molar-refractivity contribution in [1.29, 1.82) is 0 Å². The molecule has 4 atom stereocenters. The summed E-state index contributed by atoms with van der Waals surface area (Å²) in [6.45, 7) is 0. The van der Waals surface area contributed by atoms with Gasteiger partial charge in [0.15, 0.2) is 0 Å². The standard InChI is InChI=1S/C19H30N8O7S/c1-35-3-2-11(25-16(30)10(20)5-14(21)28)17(31)26-12(6-15(22)29)18(32)27-13(19(33)34)4-9-7-23-8-24-9/h7-8,10-13H,2-6,20H2,1H3,(H2,21,28)(H2,22,29)(H,23,24)(H,25,30)(H,26,31)(H,27,32)(H,33,34). The number of carboxylic acids is 1. The number of rotatable bonds is 16. The Morgan fingerprint density at radius 2 is 1.54 bits per heavy atom. The molecule has 0 saturated heterocycles. The summed E-state index contributed by atoms with van der Waals surface area (Å²) in [6, 6.07) is -5.37. The normalized spacial score (nSPS) is 14.1. The van der Waals surface area contributed by atoms with Crippen molar-refractivity contribution in [2.45, 2.75) is 49.9 Å². The van der Waals surface area contributed by atoms with Crippen LogP contribution in [0.15, 0.2) is 12.5 Å². The molecular formula is C19H30N8O7S. The number of hydrogen-bond acceptors (Lipinski definition) is 9. The van der Waals surface area contributed by atoms with Gasteiger partial charge < -0.3 is 43.2 Å². The summed E-state index contributed by atoms with van der Waals surface area (Å²) in [5.74, 6) is -5.28. The number of nitrogens with two attached hydrogens (primary N) is 3. The maximum atomic E-state index is 12.9. The molecule has 0 spiro atoms. The fourth-order valence-corrected chi connectivity index (χ4v) is 3.34. The number of nitrogens with one attached hydrogen (secondary N) is 4. The van der Waals surface area contributed by atoms with E-state index in [2.05, 4.69) is 25.9 Å². The Morgan fingerprint density at radius 3 is 2.06 bits per heavy atom. The third-order valence-corrected chi connectivity index (χ3v) is 5.28. The fourth-order valence-electron chi connectivity index (χ4n) is 2.86. The van der Waals surface area contributed by atoms with E-state index in [4.69, 9.17) is 17.2 Å². The number of H-pyrrole nitrogens is 1. The van der Waals surface area contributed by atoms with E-state index >= 15 is 0 Å². The topological polar surface area (TPSA) is 265 Å². The second-order valence-electron chi connectivity index (χ2n) is 7.53. The van der Waals surface area contributed by atoms with Crippen LogP contribution in [0.1, 0.15) is 25.0 Å². The molecule has 1 rings (SSSR count). The third-order valence-electron chi connectivity index (χ3n) is 4.63. The van der Waals surface area contributed by atoms with Gasteiger partial charge in [-0.3, -0.25) is 24.0 Å². The first-order valence-corrected chi connectivity index (χ1v) is 11.8. The van der Waals surface area contributed by atoms with Crippen LogP contribution in [-0.4, -0.2) is 86.8 Å². The summed E-state index contributed by atoms with van der Waals surface area (Å²) < 4.78 is 0. The van der Waals surface area contributed by atoms with Gasteiger partial charge in [-0.15, -0.1) is 0 Å². The number of nitrogens with zero attached hydrogens (tertiary/aromatic N) is 1. The summed E-state index contributed by atoms with van der Waals surface area (Å²) in [7, 11) is 0. The predicted octanol–water partition coefficient (Wildman–Crippen LogP) is -3.68. The number of thioether (sulfide) groups is 1. The Bertz CT molecular complexity index is 911. The van der Waals surface area contributed by atoms with Crippen LogP contribution in [0.3, 0.4) is 0 Å². The van der Waals surface area contributed by atoms with Crippen LogP contribution in [0.25, 0.3) is 0 Å². The van der Waals surface area contributed by atoms with Gasteiger partial charge in [0, 0.05) is 18.3 Å². The van der Waals surface area contributed by atoms with E-state index in [1.54, 1.807) is 6.26 Å². The molecule has 1 aromatic heterocycles. The van der Waals surface area contributed by atoms with Gasteiger partial charge >= 0.3 is 5.97 Å². The molecule has 0 radical (unpaired) electrons. The first-order chi connectivity index (χ1) is 16.4. The lowest BCUT2D eigenvalue weighted by molar-refractivity contribution is -0.142. The molecule has 4 unspecified atom stereocenters. The van der Waals surface area contributed by atoms with Crippen LogP contribution in [0.2, 0.25) is 0 Å². The Balaban J connectivity index is 2.97. The molecular weight excluding hydrogens is 484 g/mol. The van der Waals surface area contributed by atoms with Crippen LogP contribution in [0.4, 0.5) is 0 Å². The average molecular weight is 515 g/mol. The maximum Gasteiger partial charge on any atom is 0.326 e. The van der Waals surface area contributed by atoms with Crippen molar-refractivity contribution in [3.8, 4) is 0 Å². The first-order valence-electron chi connectivity index (χ1n) is 10.4. The minimum Gasteiger partial charge on any atom is -0.480 e. The second-order valence-corrected chi connectivity index (χ2v) is 8.52. The lowest BCUT2D eigenvalue weighted by atomic mass is 10.1. The Morgan fingerprint density at radius 1 is 0.971 bits per heavy atom. The zero-order chi connectivity index (χ0) is 26.5. The molecule has 0 aliphatic carbocycles. The van der Waals surface area contributed by atoms with Gasteiger partial charge in [0.25, 0.3) is 0 Å². The van der Waals surface area contributed by atoms with Crippen LogP contribution >= 0.6 is 11.8 Å². The van der Waals surface area contributed by atoms with E-state index in [1.807, 2.05) is 0 Å². The van der Waals surface area contributed by atoms with E-state index in [1.165, 1.54) is 24.3 Å². The zero-order valence-corrected chi connectivity index (χ0v) is 19.8. The van der Waals surface area contributed by atoms with Crippen molar-refractivity contribution in [1.82, 2.24) is 25.9 Å². The number of primary amides is 2. The zero-order valence-electron chi connectivity index (χ0n) is 19.0. The molecule has 0 fully saturated rings. The lowest BCUT2D eigenvalue weighted by Gasteiger charge is -2.24. The minimum absolute atomic E-state index is 0.129. The molecule has 0 bridgehead atoms. The SMILES string of the molecule is CSCCC(NC(=O)C(N)CC(N)=O)C(=O)NC(CC(N)=O)C(=O)NC(Cc1cnc[nH]1)C(=O)O. The first kappa shape index (κ1) is 29.4. The van der Waals surface area contributed by atoms with Crippen molar-refractivity contribution in [3.63, 3.8) is 0 Å². The minimum atomic E-state index is -1.52. The number of amides is 5. The Hall–Kier alpha value is -3.66. The van der Waals surface area contributed by atoms with Crippen LogP contribution in [0, 0.1) is 0 Å². The van der Waals surface area contributed by atoms with Gasteiger partial charge in [0.1, 0.15) is 18.1 Å². The fraction of sp³-hybridized carbons (Fsp3) is 0.526. The molecule has 0 aliphatic rings. The van der Waals surface area contributed by atoms with E-state index in [-0.39, 0.29) is 12.8 Å². The lowest BCUT2D eigenvalue weighted by Crippen LogP contribution is -2.58. The Labute approximate surface area is 204 Å². The molecule has 5 amide bonds. The summed E-state index contributed by atoms with van der Waals surface area (Å²) >= 11 is 1.38. The van der Waals surface area contributed by atoms with Crippen molar-refractivity contribution in [2.24, 2.45) is 17.2 Å². The van der Waals surface area contributed by atoms with Crippen molar-refractivity contribution in [2.75, 3.05) is 12.0 Å². The molecule has 194 valence electrons. The van der Waals surface area contributed by atoms with Crippen molar-refractivity contribution in [3.05, 3.63) is 18.2 Å². The number of carbonyl (C=O) groups is 6. The molecule has 1 heterocycles. The number of aliphatic carboxylic acids is 1. The molecule has 1 aromatic rings. The second kappa shape index (κ2) is 14.6. The van der Waals surface area contributed by atoms with Crippen molar-refractivity contribution >= 4 is 47.3 Å². The number of aromatic nitrogens is 2. The van der Waals surface area contributed by atoms with E-state index < -0.39 is 72.5 Å². The number of aromatic amines is 1.